The van der Waals surface area contributed by atoms with Gasteiger partial charge in [0.15, 0.2) is 0 Å². The maximum absolute atomic E-state index is 12.1. The maximum atomic E-state index is 12.1. The Balaban J connectivity index is 1.44. The molecule has 0 radical (unpaired) electrons. The Morgan fingerprint density at radius 2 is 1.92 bits per heavy atom. The Morgan fingerprint density at radius 3 is 2.54 bits per heavy atom. The topological polar surface area (TPSA) is 87.3 Å². The molecule has 3 N–H and O–H groups in total. The van der Waals surface area contributed by atoms with Crippen LogP contribution in [-0.4, -0.2) is 39.5 Å². The standard InChI is InChI=1S/C17H25N3O3S/c21-17(19-12-15-2-1-11-18-15)10-5-13-3-8-16(9-4-13)24(22,23)20-14-6-7-14/h3-4,8-9,14-15,18,20H,1-2,5-7,10-12H2,(H,19,21). The van der Waals surface area contributed by atoms with Crippen LogP contribution in [0.1, 0.15) is 37.7 Å². The zero-order valence-corrected chi connectivity index (χ0v) is 14.6. The van der Waals surface area contributed by atoms with E-state index in [4.69, 9.17) is 0 Å². The van der Waals surface area contributed by atoms with E-state index in [2.05, 4.69) is 15.4 Å². The molecule has 0 spiro atoms. The van der Waals surface area contributed by atoms with Gasteiger partial charge in [-0.15, -0.1) is 0 Å². The second-order valence-corrected chi connectivity index (χ2v) is 8.35. The van der Waals surface area contributed by atoms with Crippen molar-refractivity contribution in [1.82, 2.24) is 15.4 Å². The highest BCUT2D eigenvalue weighted by atomic mass is 32.2. The number of hydrogen-bond acceptors (Lipinski definition) is 4. The molecular weight excluding hydrogens is 326 g/mol. The highest BCUT2D eigenvalue weighted by Gasteiger charge is 2.27. The fraction of sp³-hybridized carbons (Fsp3) is 0.588. The average molecular weight is 351 g/mol. The van der Waals surface area contributed by atoms with Crippen LogP contribution in [0.4, 0.5) is 0 Å². The Kier molecular flexibility index (Phi) is 5.53. The van der Waals surface area contributed by atoms with Crippen molar-refractivity contribution in [2.75, 3.05) is 13.1 Å². The Bertz CT molecular complexity index is 663. The molecule has 2 aliphatic rings. The van der Waals surface area contributed by atoms with Crippen LogP contribution in [0.2, 0.25) is 0 Å². The summed E-state index contributed by atoms with van der Waals surface area (Å²) >= 11 is 0. The lowest BCUT2D eigenvalue weighted by molar-refractivity contribution is -0.121. The molecule has 1 saturated carbocycles. The van der Waals surface area contributed by atoms with E-state index in [1.807, 2.05) is 0 Å². The predicted molar refractivity (Wildman–Crippen MR) is 92.1 cm³/mol. The monoisotopic (exact) mass is 351 g/mol. The zero-order chi connectivity index (χ0) is 17.0. The number of aryl methyl sites for hydroxylation is 1. The van der Waals surface area contributed by atoms with Gasteiger partial charge in [-0.3, -0.25) is 4.79 Å². The average Bonchev–Trinajstić information content (AvgIpc) is 3.21. The minimum absolute atomic E-state index is 0.0378. The second kappa shape index (κ2) is 7.63. The fourth-order valence-corrected chi connectivity index (χ4v) is 4.14. The van der Waals surface area contributed by atoms with E-state index in [1.165, 1.54) is 6.42 Å². The lowest BCUT2D eigenvalue weighted by Crippen LogP contribution is -2.37. The number of rotatable bonds is 8. The van der Waals surface area contributed by atoms with Crippen LogP contribution in [0.5, 0.6) is 0 Å². The van der Waals surface area contributed by atoms with Gasteiger partial charge in [0.05, 0.1) is 4.90 Å². The molecule has 2 fully saturated rings. The van der Waals surface area contributed by atoms with Crippen LogP contribution in [-0.2, 0) is 21.2 Å². The fourth-order valence-electron chi connectivity index (χ4n) is 2.84. The van der Waals surface area contributed by atoms with Crippen molar-refractivity contribution in [3.05, 3.63) is 29.8 Å². The van der Waals surface area contributed by atoms with E-state index < -0.39 is 10.0 Å². The summed E-state index contributed by atoms with van der Waals surface area (Å²) in [5, 5.41) is 6.30. The van der Waals surface area contributed by atoms with E-state index >= 15 is 0 Å². The molecule has 0 bridgehead atoms. The summed E-state index contributed by atoms with van der Waals surface area (Å²) in [6, 6.07) is 7.30. The highest BCUT2D eigenvalue weighted by Crippen LogP contribution is 2.22. The first-order chi connectivity index (χ1) is 11.5. The molecule has 1 aromatic rings. The summed E-state index contributed by atoms with van der Waals surface area (Å²) in [6.45, 7) is 1.72. The smallest absolute Gasteiger partial charge is 0.240 e. The first-order valence-electron chi connectivity index (χ1n) is 8.64. The van der Waals surface area contributed by atoms with E-state index in [1.54, 1.807) is 24.3 Å². The molecule has 132 valence electrons. The molecule has 6 nitrogen and oxygen atoms in total. The van der Waals surface area contributed by atoms with Crippen LogP contribution in [0.15, 0.2) is 29.2 Å². The first-order valence-corrected chi connectivity index (χ1v) is 10.1. The van der Waals surface area contributed by atoms with E-state index in [0.717, 1.165) is 31.4 Å². The van der Waals surface area contributed by atoms with Crippen LogP contribution in [0.3, 0.4) is 0 Å². The molecule has 1 unspecified atom stereocenters. The first kappa shape index (κ1) is 17.4. The molecule has 0 aromatic heterocycles. The Hall–Kier alpha value is -1.44. The van der Waals surface area contributed by atoms with Crippen LogP contribution >= 0.6 is 0 Å². The molecule has 24 heavy (non-hydrogen) atoms. The van der Waals surface area contributed by atoms with Crippen LogP contribution < -0.4 is 15.4 Å². The van der Waals surface area contributed by atoms with Crippen molar-refractivity contribution in [1.29, 1.82) is 0 Å². The largest absolute Gasteiger partial charge is 0.355 e. The molecule has 1 aliphatic heterocycles. The number of carbonyl (C=O) groups excluding carboxylic acids is 1. The van der Waals surface area contributed by atoms with Gasteiger partial charge in [0.1, 0.15) is 0 Å². The van der Waals surface area contributed by atoms with Gasteiger partial charge < -0.3 is 10.6 Å². The molecule has 1 aliphatic carbocycles. The molecular formula is C17H25N3O3S. The number of sulfonamides is 1. The van der Waals surface area contributed by atoms with E-state index in [9.17, 15) is 13.2 Å². The number of nitrogens with one attached hydrogen (secondary N) is 3. The highest BCUT2D eigenvalue weighted by molar-refractivity contribution is 7.89. The molecule has 1 heterocycles. The van der Waals surface area contributed by atoms with E-state index in [0.29, 0.717) is 25.4 Å². The number of amides is 1. The van der Waals surface area contributed by atoms with Gasteiger partial charge in [-0.2, -0.15) is 0 Å². The van der Waals surface area contributed by atoms with Gasteiger partial charge in [-0.25, -0.2) is 13.1 Å². The molecule has 1 saturated heterocycles. The molecule has 1 atom stereocenters. The third kappa shape index (κ3) is 5.03. The normalized spacial score (nSPS) is 20.9. The van der Waals surface area contributed by atoms with Crippen LogP contribution in [0.25, 0.3) is 0 Å². The predicted octanol–water partition coefficient (Wildman–Crippen LogP) is 0.928. The van der Waals surface area contributed by atoms with Gasteiger partial charge in [0.25, 0.3) is 0 Å². The minimum Gasteiger partial charge on any atom is -0.355 e. The van der Waals surface area contributed by atoms with Crippen molar-refractivity contribution in [2.24, 2.45) is 0 Å². The lowest BCUT2D eigenvalue weighted by atomic mass is 10.1. The van der Waals surface area contributed by atoms with E-state index in [-0.39, 0.29) is 16.8 Å². The number of carbonyl (C=O) groups is 1. The molecule has 3 rings (SSSR count). The summed E-state index contributed by atoms with van der Waals surface area (Å²) in [4.78, 5) is 12.2. The van der Waals surface area contributed by atoms with Crippen molar-refractivity contribution < 1.29 is 13.2 Å². The SMILES string of the molecule is O=C(CCc1ccc(S(=O)(=O)NC2CC2)cc1)NCC1CCCN1. The summed E-state index contributed by atoms with van der Waals surface area (Å²) < 4.78 is 26.8. The molecule has 1 aromatic carbocycles. The second-order valence-electron chi connectivity index (χ2n) is 6.64. The zero-order valence-electron chi connectivity index (χ0n) is 13.8. The number of hydrogen-bond donors (Lipinski definition) is 3. The van der Waals surface area contributed by atoms with Gasteiger partial charge in [-0.05, 0) is 56.3 Å². The summed E-state index contributed by atoms with van der Waals surface area (Å²) in [6.07, 6.45) is 5.15. The Morgan fingerprint density at radius 1 is 1.17 bits per heavy atom. The van der Waals surface area contributed by atoms with Crippen molar-refractivity contribution >= 4 is 15.9 Å². The third-order valence-electron chi connectivity index (χ3n) is 4.48. The summed E-state index contributed by atoms with van der Waals surface area (Å²) in [7, 11) is -3.40. The number of benzene rings is 1. The van der Waals surface area contributed by atoms with Gasteiger partial charge in [0.2, 0.25) is 15.9 Å². The van der Waals surface area contributed by atoms with Gasteiger partial charge >= 0.3 is 0 Å². The lowest BCUT2D eigenvalue weighted by Gasteiger charge is -2.11. The maximum Gasteiger partial charge on any atom is 0.240 e. The third-order valence-corrected chi connectivity index (χ3v) is 6.02. The quantitative estimate of drug-likeness (QED) is 0.650. The van der Waals surface area contributed by atoms with Gasteiger partial charge in [0, 0.05) is 25.0 Å². The van der Waals surface area contributed by atoms with Crippen LogP contribution in [0, 0.1) is 0 Å². The van der Waals surface area contributed by atoms with Crippen molar-refractivity contribution in [3.8, 4) is 0 Å². The minimum atomic E-state index is -3.40. The summed E-state index contributed by atoms with van der Waals surface area (Å²) in [5.41, 5.74) is 0.967. The van der Waals surface area contributed by atoms with Gasteiger partial charge in [-0.1, -0.05) is 12.1 Å². The Labute approximate surface area is 143 Å². The molecule has 1 amide bonds. The molecule has 7 heteroatoms. The van der Waals surface area contributed by atoms with Crippen molar-refractivity contribution in [3.63, 3.8) is 0 Å². The summed E-state index contributed by atoms with van der Waals surface area (Å²) in [5.74, 6) is 0.0378. The van der Waals surface area contributed by atoms with Crippen molar-refractivity contribution in [2.45, 2.75) is 55.5 Å².